The second kappa shape index (κ2) is 6.45. The van der Waals surface area contributed by atoms with Crippen LogP contribution in [0.25, 0.3) is 0 Å². The van der Waals surface area contributed by atoms with E-state index in [1.165, 1.54) is 0 Å². The van der Waals surface area contributed by atoms with Crippen LogP contribution in [0, 0.1) is 0 Å². The Morgan fingerprint density at radius 3 is 2.94 bits per heavy atom. The number of pyridine rings is 1. The number of aromatic nitrogens is 1. The summed E-state index contributed by atoms with van der Waals surface area (Å²) in [5.41, 5.74) is 0.519. The molecule has 88 valence electrons. The van der Waals surface area contributed by atoms with Crippen LogP contribution in [-0.2, 0) is 22.5 Å². The fourth-order valence-corrected chi connectivity index (χ4v) is 1.47. The summed E-state index contributed by atoms with van der Waals surface area (Å²) in [4.78, 5) is 22.5. The molecule has 0 N–H and O–H groups in total. The second-order valence-electron chi connectivity index (χ2n) is 3.38. The molecule has 0 atom stereocenters. The molecule has 4 nitrogen and oxygen atoms in total. The molecule has 0 aromatic carbocycles. The van der Waals surface area contributed by atoms with Gasteiger partial charge in [0.2, 0.25) is 5.24 Å². The number of hydrogen-bond acceptors (Lipinski definition) is 3. The summed E-state index contributed by atoms with van der Waals surface area (Å²) < 4.78 is 6.47. The highest BCUT2D eigenvalue weighted by Crippen LogP contribution is 1.99. The highest BCUT2D eigenvalue weighted by atomic mass is 35.5. The minimum atomic E-state index is -0.424. The fourth-order valence-electron chi connectivity index (χ4n) is 1.38. The van der Waals surface area contributed by atoms with Gasteiger partial charge in [0.05, 0.1) is 6.61 Å². The number of halogens is 1. The van der Waals surface area contributed by atoms with Crippen molar-refractivity contribution < 1.29 is 9.53 Å². The van der Waals surface area contributed by atoms with Crippen LogP contribution in [0.3, 0.4) is 0 Å². The number of carbonyl (C=O) groups excluding carboxylic acids is 1. The van der Waals surface area contributed by atoms with E-state index in [0.717, 1.165) is 0 Å². The molecule has 0 aliphatic heterocycles. The first kappa shape index (κ1) is 12.9. The summed E-state index contributed by atoms with van der Waals surface area (Å²) in [7, 11) is 1.58. The molecule has 0 aliphatic carbocycles. The van der Waals surface area contributed by atoms with Crippen LogP contribution in [0.15, 0.2) is 23.1 Å². The van der Waals surface area contributed by atoms with Gasteiger partial charge in [0.15, 0.2) is 0 Å². The Bertz CT molecular complexity index is 414. The third kappa shape index (κ3) is 3.79. The number of methoxy groups -OCH3 is 1. The molecule has 0 amide bonds. The molecule has 0 aliphatic rings. The Balaban J connectivity index is 2.78. The zero-order chi connectivity index (χ0) is 12.0. The number of aryl methyl sites for hydroxylation is 1. The first-order valence-corrected chi connectivity index (χ1v) is 5.38. The zero-order valence-electron chi connectivity index (χ0n) is 9.11. The van der Waals surface area contributed by atoms with E-state index in [1.54, 1.807) is 30.0 Å². The summed E-state index contributed by atoms with van der Waals surface area (Å²) >= 11 is 5.24. The molecule has 1 heterocycles. The van der Waals surface area contributed by atoms with E-state index in [0.29, 0.717) is 25.1 Å². The highest BCUT2D eigenvalue weighted by molar-refractivity contribution is 6.63. The molecular formula is C11H14ClNO3. The minimum absolute atomic E-state index is 0.0857. The van der Waals surface area contributed by atoms with Crippen LogP contribution in [0.2, 0.25) is 0 Å². The molecular weight excluding hydrogens is 230 g/mol. The lowest BCUT2D eigenvalue weighted by molar-refractivity contribution is -0.111. The summed E-state index contributed by atoms with van der Waals surface area (Å²) in [6.07, 6.45) is 2.27. The molecule has 5 heteroatoms. The van der Waals surface area contributed by atoms with Crippen molar-refractivity contribution in [3.8, 4) is 0 Å². The largest absolute Gasteiger partial charge is 0.383 e. The van der Waals surface area contributed by atoms with Gasteiger partial charge in [-0.1, -0.05) is 6.07 Å². The number of carbonyl (C=O) groups is 1. The minimum Gasteiger partial charge on any atom is -0.383 e. The van der Waals surface area contributed by atoms with Gasteiger partial charge in [-0.3, -0.25) is 9.59 Å². The number of rotatable bonds is 6. The van der Waals surface area contributed by atoms with Crippen molar-refractivity contribution in [3.63, 3.8) is 0 Å². The van der Waals surface area contributed by atoms with Crippen molar-refractivity contribution in [2.75, 3.05) is 13.7 Å². The van der Waals surface area contributed by atoms with Crippen molar-refractivity contribution in [1.82, 2.24) is 4.57 Å². The van der Waals surface area contributed by atoms with Crippen molar-refractivity contribution >= 4 is 16.8 Å². The molecule has 0 spiro atoms. The van der Waals surface area contributed by atoms with Crippen molar-refractivity contribution in [3.05, 3.63) is 34.2 Å². The second-order valence-corrected chi connectivity index (χ2v) is 3.80. The average molecular weight is 244 g/mol. The third-order valence-corrected chi connectivity index (χ3v) is 2.42. The molecule has 0 radical (unpaired) electrons. The van der Waals surface area contributed by atoms with Gasteiger partial charge < -0.3 is 9.30 Å². The van der Waals surface area contributed by atoms with E-state index in [2.05, 4.69) is 0 Å². The Hall–Kier alpha value is -1.13. The Labute approximate surface area is 98.8 Å². The monoisotopic (exact) mass is 243 g/mol. The Morgan fingerprint density at radius 1 is 1.56 bits per heavy atom. The topological polar surface area (TPSA) is 48.3 Å². The summed E-state index contributed by atoms with van der Waals surface area (Å²) in [6, 6.07) is 3.50. The maximum atomic E-state index is 11.8. The Morgan fingerprint density at radius 2 is 2.31 bits per heavy atom. The van der Waals surface area contributed by atoms with E-state index in [1.807, 2.05) is 0 Å². The van der Waals surface area contributed by atoms with Gasteiger partial charge in [-0.15, -0.1) is 0 Å². The van der Waals surface area contributed by atoms with Crippen LogP contribution < -0.4 is 5.56 Å². The molecule has 0 saturated heterocycles. The van der Waals surface area contributed by atoms with Gasteiger partial charge in [-0.05, 0) is 24.1 Å². The van der Waals surface area contributed by atoms with E-state index in [4.69, 9.17) is 16.3 Å². The average Bonchev–Trinajstić information content (AvgIpc) is 2.26. The van der Waals surface area contributed by atoms with Crippen molar-refractivity contribution in [2.24, 2.45) is 0 Å². The molecule has 0 saturated carbocycles. The predicted octanol–water partition coefficient (Wildman–Crippen LogP) is 1.19. The summed E-state index contributed by atoms with van der Waals surface area (Å²) in [6.45, 7) is 0.996. The number of ether oxygens (including phenoxy) is 1. The predicted molar refractivity (Wildman–Crippen MR) is 61.8 cm³/mol. The third-order valence-electron chi connectivity index (χ3n) is 2.23. The number of nitrogens with zero attached hydrogens (tertiary/aromatic N) is 1. The van der Waals surface area contributed by atoms with E-state index in [9.17, 15) is 9.59 Å². The molecule has 1 aromatic heterocycles. The molecule has 1 aromatic rings. The van der Waals surface area contributed by atoms with E-state index in [-0.39, 0.29) is 12.0 Å². The van der Waals surface area contributed by atoms with Gasteiger partial charge in [-0.2, -0.15) is 0 Å². The van der Waals surface area contributed by atoms with Crippen LogP contribution in [0.4, 0.5) is 0 Å². The lowest BCUT2D eigenvalue weighted by Crippen LogP contribution is -2.24. The van der Waals surface area contributed by atoms with Gasteiger partial charge in [0.25, 0.3) is 5.56 Å². The zero-order valence-corrected chi connectivity index (χ0v) is 9.87. The van der Waals surface area contributed by atoms with Crippen LogP contribution >= 0.6 is 11.6 Å². The molecule has 0 bridgehead atoms. The first-order chi connectivity index (χ1) is 7.65. The van der Waals surface area contributed by atoms with Crippen LogP contribution in [0.1, 0.15) is 12.0 Å². The smallest absolute Gasteiger partial charge is 0.253 e. The van der Waals surface area contributed by atoms with Gasteiger partial charge in [0.1, 0.15) is 0 Å². The molecule has 16 heavy (non-hydrogen) atoms. The quantitative estimate of drug-likeness (QED) is 0.706. The van der Waals surface area contributed by atoms with Gasteiger partial charge in [-0.25, -0.2) is 0 Å². The maximum Gasteiger partial charge on any atom is 0.253 e. The van der Waals surface area contributed by atoms with Crippen LogP contribution in [0.5, 0.6) is 0 Å². The first-order valence-electron chi connectivity index (χ1n) is 5.00. The highest BCUT2D eigenvalue weighted by Gasteiger charge is 2.04. The lowest BCUT2D eigenvalue weighted by atomic mass is 10.1. The lowest BCUT2D eigenvalue weighted by Gasteiger charge is -2.06. The standard InChI is InChI=1S/C11H14ClNO3/c1-16-8-7-13-6-2-3-9(11(13)15)4-5-10(12)14/h2-3,6H,4-5,7-8H2,1H3. The van der Waals surface area contributed by atoms with Gasteiger partial charge in [0, 0.05) is 31.8 Å². The van der Waals surface area contributed by atoms with Crippen LogP contribution in [-0.4, -0.2) is 23.5 Å². The fraction of sp³-hybridized carbons (Fsp3) is 0.455. The maximum absolute atomic E-state index is 11.8. The Kier molecular flexibility index (Phi) is 5.22. The van der Waals surface area contributed by atoms with Gasteiger partial charge >= 0.3 is 0 Å². The van der Waals surface area contributed by atoms with Crippen molar-refractivity contribution in [1.29, 1.82) is 0 Å². The summed E-state index contributed by atoms with van der Waals surface area (Å²) in [5, 5.41) is -0.424. The summed E-state index contributed by atoms with van der Waals surface area (Å²) in [5.74, 6) is 0. The molecule has 0 fully saturated rings. The van der Waals surface area contributed by atoms with E-state index < -0.39 is 5.24 Å². The molecule has 1 rings (SSSR count). The number of hydrogen-bond donors (Lipinski definition) is 0. The SMILES string of the molecule is COCCn1cccc(CCC(=O)Cl)c1=O. The molecule has 0 unspecified atom stereocenters. The van der Waals surface area contributed by atoms with Crippen molar-refractivity contribution in [2.45, 2.75) is 19.4 Å². The normalized spacial score (nSPS) is 10.4. The van der Waals surface area contributed by atoms with E-state index >= 15 is 0 Å².